The molecule has 0 aliphatic heterocycles. The molecule has 0 atom stereocenters. The Balaban J connectivity index is 1.23. The molecule has 1 N–H and O–H groups in total. The van der Waals surface area contributed by atoms with Crippen LogP contribution in [0.2, 0.25) is 0 Å². The van der Waals surface area contributed by atoms with Crippen LogP contribution in [0.4, 0.5) is 11.4 Å². The molecule has 0 radical (unpaired) electrons. The number of furan rings is 1. The van der Waals surface area contributed by atoms with Crippen molar-refractivity contribution in [2.24, 2.45) is 0 Å². The minimum absolute atomic E-state index is 0.0796. The Morgan fingerprint density at radius 3 is 2.12 bits per heavy atom. The van der Waals surface area contributed by atoms with E-state index in [1.165, 1.54) is 49.7 Å². The maximum absolute atomic E-state index is 6.20. The lowest BCUT2D eigenvalue weighted by molar-refractivity contribution is 0.660. The molecular formula is C45H32N2O. The van der Waals surface area contributed by atoms with E-state index >= 15 is 0 Å². The summed E-state index contributed by atoms with van der Waals surface area (Å²) in [6.07, 6.45) is 0. The molecule has 3 heteroatoms. The number of nitrogens with one attached hydrogen (secondary N) is 1. The number of hydrogen-bond acceptors (Lipinski definition) is 2. The summed E-state index contributed by atoms with van der Waals surface area (Å²) in [6.45, 7) is 4.70. The van der Waals surface area contributed by atoms with Gasteiger partial charge in [-0.15, -0.1) is 0 Å². The summed E-state index contributed by atoms with van der Waals surface area (Å²) in [5.41, 5.74) is 15.1. The van der Waals surface area contributed by atoms with Crippen LogP contribution in [0.25, 0.3) is 71.7 Å². The van der Waals surface area contributed by atoms with E-state index in [9.17, 15) is 0 Å². The Kier molecular flexibility index (Phi) is 5.63. The van der Waals surface area contributed by atoms with Gasteiger partial charge in [0.25, 0.3) is 0 Å². The predicted molar refractivity (Wildman–Crippen MR) is 201 cm³/mol. The topological polar surface area (TPSA) is 30.1 Å². The van der Waals surface area contributed by atoms with Gasteiger partial charge >= 0.3 is 0 Å². The van der Waals surface area contributed by atoms with Crippen LogP contribution in [-0.2, 0) is 5.41 Å². The molecule has 2 heterocycles. The first-order chi connectivity index (χ1) is 23.5. The average Bonchev–Trinajstić information content (AvgIpc) is 3.73. The van der Waals surface area contributed by atoms with Crippen LogP contribution in [0.3, 0.4) is 0 Å². The highest BCUT2D eigenvalue weighted by atomic mass is 16.3. The van der Waals surface area contributed by atoms with E-state index in [2.05, 4.69) is 163 Å². The Morgan fingerprint density at radius 1 is 0.500 bits per heavy atom. The maximum atomic E-state index is 6.20. The smallest absolute Gasteiger partial charge is 0.135 e. The lowest BCUT2D eigenvalue weighted by Gasteiger charge is -2.22. The highest BCUT2D eigenvalue weighted by Gasteiger charge is 2.35. The fourth-order valence-corrected chi connectivity index (χ4v) is 8.04. The van der Waals surface area contributed by atoms with E-state index in [-0.39, 0.29) is 5.41 Å². The van der Waals surface area contributed by atoms with Crippen LogP contribution < -0.4 is 5.32 Å². The first kappa shape index (κ1) is 27.1. The van der Waals surface area contributed by atoms with Crippen LogP contribution in [0.5, 0.6) is 0 Å². The molecule has 0 fully saturated rings. The number of fused-ring (bicyclic) bond motifs is 9. The van der Waals surface area contributed by atoms with E-state index in [1.54, 1.807) is 0 Å². The van der Waals surface area contributed by atoms with Crippen LogP contribution in [0.15, 0.2) is 156 Å². The van der Waals surface area contributed by atoms with Crippen molar-refractivity contribution in [3.8, 4) is 27.9 Å². The van der Waals surface area contributed by atoms with Crippen molar-refractivity contribution in [1.29, 1.82) is 0 Å². The predicted octanol–water partition coefficient (Wildman–Crippen LogP) is 12.4. The zero-order valence-corrected chi connectivity index (χ0v) is 26.8. The lowest BCUT2D eigenvalue weighted by Crippen LogP contribution is -2.15. The second-order valence-corrected chi connectivity index (χ2v) is 13.5. The first-order valence-corrected chi connectivity index (χ1v) is 16.6. The SMILES string of the molecule is CC1(C)c2ccccc2-c2ccc(-n3c4ccccc4c4cc(-c5ccc6oc7ccccc7c6c5)c(Nc5ccccc5)cc43)cc21. The van der Waals surface area contributed by atoms with Gasteiger partial charge in [0.2, 0.25) is 0 Å². The van der Waals surface area contributed by atoms with Crippen LogP contribution >= 0.6 is 0 Å². The van der Waals surface area contributed by atoms with Gasteiger partial charge in [-0.1, -0.05) is 105 Å². The molecule has 9 aromatic rings. The lowest BCUT2D eigenvalue weighted by atomic mass is 9.82. The molecule has 0 bridgehead atoms. The summed E-state index contributed by atoms with van der Waals surface area (Å²) >= 11 is 0. The number of nitrogens with zero attached hydrogens (tertiary/aromatic N) is 1. The van der Waals surface area contributed by atoms with Gasteiger partial charge < -0.3 is 14.3 Å². The Morgan fingerprint density at radius 2 is 1.23 bits per heavy atom. The number of rotatable bonds is 4. The van der Waals surface area contributed by atoms with E-state index in [4.69, 9.17) is 4.42 Å². The van der Waals surface area contributed by atoms with Gasteiger partial charge in [-0.25, -0.2) is 0 Å². The van der Waals surface area contributed by atoms with Gasteiger partial charge in [-0.05, 0) is 88.5 Å². The second-order valence-electron chi connectivity index (χ2n) is 13.5. The third kappa shape index (κ3) is 3.88. The highest BCUT2D eigenvalue weighted by molar-refractivity contribution is 6.13. The zero-order valence-electron chi connectivity index (χ0n) is 26.8. The highest BCUT2D eigenvalue weighted by Crippen LogP contribution is 2.50. The molecule has 228 valence electrons. The number of anilines is 2. The fraction of sp³-hybridized carbons (Fsp3) is 0.0667. The Hall–Kier alpha value is -6.06. The molecule has 10 rings (SSSR count). The van der Waals surface area contributed by atoms with Gasteiger partial charge in [-0.2, -0.15) is 0 Å². The van der Waals surface area contributed by atoms with E-state index in [0.717, 1.165) is 44.4 Å². The molecule has 0 amide bonds. The minimum Gasteiger partial charge on any atom is -0.456 e. The summed E-state index contributed by atoms with van der Waals surface area (Å²) in [4.78, 5) is 0. The molecule has 2 aromatic heterocycles. The van der Waals surface area contributed by atoms with Gasteiger partial charge in [0.15, 0.2) is 0 Å². The van der Waals surface area contributed by atoms with Crippen molar-refractivity contribution in [3.63, 3.8) is 0 Å². The molecule has 0 unspecified atom stereocenters. The average molecular weight is 617 g/mol. The van der Waals surface area contributed by atoms with Crippen molar-refractivity contribution in [3.05, 3.63) is 163 Å². The molecule has 3 nitrogen and oxygen atoms in total. The molecule has 0 spiro atoms. The van der Waals surface area contributed by atoms with Gasteiger partial charge in [-0.3, -0.25) is 0 Å². The van der Waals surface area contributed by atoms with Crippen molar-refractivity contribution in [1.82, 2.24) is 4.57 Å². The molecule has 7 aromatic carbocycles. The number of benzene rings is 7. The Labute approximate surface area is 278 Å². The van der Waals surface area contributed by atoms with Crippen molar-refractivity contribution < 1.29 is 4.42 Å². The normalized spacial score (nSPS) is 13.4. The number of hydrogen-bond donors (Lipinski definition) is 1. The summed E-state index contributed by atoms with van der Waals surface area (Å²) in [5, 5.41) is 8.50. The van der Waals surface area contributed by atoms with Crippen molar-refractivity contribution >= 4 is 55.1 Å². The number of para-hydroxylation sites is 3. The quantitative estimate of drug-likeness (QED) is 0.213. The third-order valence-corrected chi connectivity index (χ3v) is 10.4. The Bertz CT molecular complexity index is 2730. The molecule has 0 saturated carbocycles. The molecular weight excluding hydrogens is 585 g/mol. The minimum atomic E-state index is -0.0796. The maximum Gasteiger partial charge on any atom is 0.135 e. The first-order valence-electron chi connectivity index (χ1n) is 16.6. The van der Waals surface area contributed by atoms with Crippen molar-refractivity contribution in [2.75, 3.05) is 5.32 Å². The molecule has 0 saturated heterocycles. The molecule has 1 aliphatic rings. The standard InChI is InChI=1S/C45H32N2O/c1-45(2)38-17-9-6-14-31(38)32-22-21-30(25-39(32)45)47-41-18-10-7-15-33(41)36-26-35(40(27-42(36)47)46-29-12-4-3-5-13-29)28-20-23-44-37(24-28)34-16-8-11-19-43(34)48-44/h3-27,46H,1-2H3. The number of aromatic nitrogens is 1. The van der Waals surface area contributed by atoms with Gasteiger partial charge in [0.1, 0.15) is 11.2 Å². The van der Waals surface area contributed by atoms with Gasteiger partial charge in [0.05, 0.1) is 11.0 Å². The fourth-order valence-electron chi connectivity index (χ4n) is 8.04. The largest absolute Gasteiger partial charge is 0.456 e. The molecule has 48 heavy (non-hydrogen) atoms. The summed E-state index contributed by atoms with van der Waals surface area (Å²) < 4.78 is 8.64. The van der Waals surface area contributed by atoms with Gasteiger partial charge in [0, 0.05) is 49.6 Å². The van der Waals surface area contributed by atoms with Crippen LogP contribution in [0, 0.1) is 0 Å². The van der Waals surface area contributed by atoms with E-state index < -0.39 is 0 Å². The van der Waals surface area contributed by atoms with Crippen LogP contribution in [-0.4, -0.2) is 4.57 Å². The second kappa shape index (κ2) is 9.97. The van der Waals surface area contributed by atoms with E-state index in [0.29, 0.717) is 0 Å². The van der Waals surface area contributed by atoms with Crippen LogP contribution in [0.1, 0.15) is 25.0 Å². The zero-order chi connectivity index (χ0) is 32.0. The van der Waals surface area contributed by atoms with E-state index in [1.807, 2.05) is 12.1 Å². The summed E-state index contributed by atoms with van der Waals surface area (Å²) in [5.74, 6) is 0. The summed E-state index contributed by atoms with van der Waals surface area (Å²) in [6, 6.07) is 54.7. The third-order valence-electron chi connectivity index (χ3n) is 10.4. The molecule has 1 aliphatic carbocycles. The van der Waals surface area contributed by atoms with Crippen molar-refractivity contribution in [2.45, 2.75) is 19.3 Å². The summed E-state index contributed by atoms with van der Waals surface area (Å²) in [7, 11) is 0. The monoisotopic (exact) mass is 616 g/mol.